The van der Waals surface area contributed by atoms with Crippen LogP contribution in [0.15, 0.2) is 15.8 Å². The Hall–Kier alpha value is -1.48. The number of aliphatic hydroxyl groups excluding tert-OH is 2. The number of H-pyrrole nitrogens is 1. The molecule has 19 heavy (non-hydrogen) atoms. The van der Waals surface area contributed by atoms with Gasteiger partial charge in [0, 0.05) is 18.9 Å². The van der Waals surface area contributed by atoms with Crippen molar-refractivity contribution >= 4 is 0 Å². The zero-order valence-corrected chi connectivity index (χ0v) is 10.6. The van der Waals surface area contributed by atoms with Crippen LogP contribution in [-0.2, 0) is 9.47 Å². The van der Waals surface area contributed by atoms with Crippen LogP contribution >= 0.6 is 0 Å². The van der Waals surface area contributed by atoms with E-state index in [0.29, 0.717) is 5.56 Å². The second kappa shape index (κ2) is 5.25. The summed E-state index contributed by atoms with van der Waals surface area (Å²) >= 11 is 0. The molecule has 0 aromatic carbocycles. The number of methoxy groups -OCH3 is 1. The summed E-state index contributed by atoms with van der Waals surface area (Å²) in [6, 6.07) is 0. The van der Waals surface area contributed by atoms with Crippen LogP contribution < -0.4 is 11.2 Å². The minimum Gasteiger partial charge on any atom is -0.387 e. The minimum absolute atomic E-state index is 0.0891. The zero-order chi connectivity index (χ0) is 14.2. The van der Waals surface area contributed by atoms with Gasteiger partial charge in [-0.05, 0) is 6.92 Å². The van der Waals surface area contributed by atoms with E-state index in [1.807, 2.05) is 0 Å². The summed E-state index contributed by atoms with van der Waals surface area (Å²) in [6.45, 7) is 1.62. The van der Waals surface area contributed by atoms with Crippen molar-refractivity contribution in [3.63, 3.8) is 0 Å². The average molecular weight is 272 g/mol. The van der Waals surface area contributed by atoms with Gasteiger partial charge in [-0.15, -0.1) is 0 Å². The Labute approximate surface area is 108 Å². The van der Waals surface area contributed by atoms with Crippen molar-refractivity contribution in [3.05, 3.63) is 32.6 Å². The van der Waals surface area contributed by atoms with E-state index in [1.165, 1.54) is 20.2 Å². The number of aryl methyl sites for hydroxylation is 1. The predicted octanol–water partition coefficient (Wildman–Crippen LogP) is -1.89. The lowest BCUT2D eigenvalue weighted by Crippen LogP contribution is -2.38. The normalized spacial score (nSPS) is 30.7. The molecule has 0 bridgehead atoms. The molecule has 1 fully saturated rings. The van der Waals surface area contributed by atoms with Gasteiger partial charge in [0.15, 0.2) is 6.23 Å². The number of nitrogens with one attached hydrogen (secondary N) is 1. The van der Waals surface area contributed by atoms with E-state index in [0.717, 1.165) is 4.57 Å². The van der Waals surface area contributed by atoms with Gasteiger partial charge in [0.05, 0.1) is 6.61 Å². The maximum Gasteiger partial charge on any atom is 0.330 e. The van der Waals surface area contributed by atoms with Crippen LogP contribution in [0.3, 0.4) is 0 Å². The monoisotopic (exact) mass is 272 g/mol. The number of nitrogens with zero attached hydrogens (tertiary/aromatic N) is 1. The van der Waals surface area contributed by atoms with Crippen LogP contribution in [0.25, 0.3) is 0 Å². The van der Waals surface area contributed by atoms with Crippen molar-refractivity contribution in [2.75, 3.05) is 13.7 Å². The molecule has 1 aliphatic rings. The molecule has 0 saturated carbocycles. The van der Waals surface area contributed by atoms with Gasteiger partial charge in [-0.3, -0.25) is 14.3 Å². The van der Waals surface area contributed by atoms with Crippen molar-refractivity contribution in [1.82, 2.24) is 9.55 Å². The highest BCUT2D eigenvalue weighted by atomic mass is 16.6. The third kappa shape index (κ3) is 2.47. The fourth-order valence-electron chi connectivity index (χ4n) is 2.04. The van der Waals surface area contributed by atoms with Crippen LogP contribution in [-0.4, -0.2) is 51.8 Å². The molecule has 2 rings (SSSR count). The number of aromatic nitrogens is 2. The largest absolute Gasteiger partial charge is 0.387 e. The van der Waals surface area contributed by atoms with Crippen molar-refractivity contribution in [1.29, 1.82) is 0 Å². The van der Waals surface area contributed by atoms with Gasteiger partial charge in [0.1, 0.15) is 18.3 Å². The van der Waals surface area contributed by atoms with Gasteiger partial charge in [-0.25, -0.2) is 4.79 Å². The molecule has 106 valence electrons. The standard InChI is InChI=1S/C11H16N2O6/c1-5-3-13(11(17)12-9(5)16)10-8(15)7(14)6(19-10)4-18-2/h3,6-8,10,14-15H,4H2,1-2H3,(H,12,16,17)/t6-,7+,8?,10-/m1/s1. The van der Waals surface area contributed by atoms with E-state index in [2.05, 4.69) is 4.98 Å². The Bertz CT molecular complexity index is 565. The summed E-state index contributed by atoms with van der Waals surface area (Å²) in [6.07, 6.45) is -2.94. The molecule has 1 aromatic heterocycles. The first-order valence-electron chi connectivity index (χ1n) is 5.78. The summed E-state index contributed by atoms with van der Waals surface area (Å²) in [4.78, 5) is 25.1. The molecule has 2 heterocycles. The molecule has 0 spiro atoms. The Morgan fingerprint density at radius 3 is 2.74 bits per heavy atom. The number of hydrogen-bond acceptors (Lipinski definition) is 6. The minimum atomic E-state index is -1.27. The van der Waals surface area contributed by atoms with Crippen LogP contribution in [0.2, 0.25) is 0 Å². The Morgan fingerprint density at radius 2 is 2.11 bits per heavy atom. The number of ether oxygens (including phenoxy) is 2. The summed E-state index contributed by atoms with van der Waals surface area (Å²) in [5.74, 6) is 0. The maximum absolute atomic E-state index is 11.7. The van der Waals surface area contributed by atoms with E-state index in [-0.39, 0.29) is 6.61 Å². The fourth-order valence-corrected chi connectivity index (χ4v) is 2.04. The SMILES string of the molecule is COC[C@H]1O[C@@H](n2cc(C)c(=O)[nH]c2=O)C(O)[C@H]1O. The van der Waals surface area contributed by atoms with E-state index in [4.69, 9.17) is 9.47 Å². The molecule has 4 atom stereocenters. The lowest BCUT2D eigenvalue weighted by Gasteiger charge is -2.17. The third-order valence-electron chi connectivity index (χ3n) is 3.09. The molecular weight excluding hydrogens is 256 g/mol. The van der Waals surface area contributed by atoms with Crippen molar-refractivity contribution in [3.8, 4) is 0 Å². The average Bonchev–Trinajstić information content (AvgIpc) is 2.63. The first-order valence-corrected chi connectivity index (χ1v) is 5.78. The Kier molecular flexibility index (Phi) is 3.85. The first-order chi connectivity index (χ1) is 8.95. The molecule has 8 heteroatoms. The van der Waals surface area contributed by atoms with Gasteiger partial charge in [-0.1, -0.05) is 0 Å². The lowest BCUT2D eigenvalue weighted by atomic mass is 10.1. The predicted molar refractivity (Wildman–Crippen MR) is 63.9 cm³/mol. The first kappa shape index (κ1) is 13.9. The molecule has 0 aliphatic carbocycles. The molecule has 8 nitrogen and oxygen atoms in total. The highest BCUT2D eigenvalue weighted by Gasteiger charge is 2.44. The lowest BCUT2D eigenvalue weighted by molar-refractivity contribution is -0.0615. The van der Waals surface area contributed by atoms with E-state index in [9.17, 15) is 19.8 Å². The number of aromatic amines is 1. The number of aliphatic hydroxyl groups is 2. The quantitative estimate of drug-likeness (QED) is 0.593. The third-order valence-corrected chi connectivity index (χ3v) is 3.09. The highest BCUT2D eigenvalue weighted by Crippen LogP contribution is 2.28. The molecule has 1 aromatic rings. The van der Waals surface area contributed by atoms with Crippen LogP contribution in [0.1, 0.15) is 11.8 Å². The van der Waals surface area contributed by atoms with E-state index >= 15 is 0 Å². The van der Waals surface area contributed by atoms with Crippen LogP contribution in [0, 0.1) is 6.92 Å². The second-order valence-electron chi connectivity index (χ2n) is 4.48. The number of hydrogen-bond donors (Lipinski definition) is 3. The molecular formula is C11H16N2O6. The molecule has 0 amide bonds. The van der Waals surface area contributed by atoms with Gasteiger partial charge in [-0.2, -0.15) is 0 Å². The molecule has 3 N–H and O–H groups in total. The van der Waals surface area contributed by atoms with Gasteiger partial charge >= 0.3 is 5.69 Å². The van der Waals surface area contributed by atoms with Crippen molar-refractivity contribution in [2.24, 2.45) is 0 Å². The summed E-state index contributed by atoms with van der Waals surface area (Å²) in [7, 11) is 1.44. The second-order valence-corrected chi connectivity index (χ2v) is 4.48. The molecule has 0 radical (unpaired) electrons. The molecule has 1 aliphatic heterocycles. The smallest absolute Gasteiger partial charge is 0.330 e. The van der Waals surface area contributed by atoms with Gasteiger partial charge in [0.25, 0.3) is 5.56 Å². The van der Waals surface area contributed by atoms with Crippen LogP contribution in [0.4, 0.5) is 0 Å². The van der Waals surface area contributed by atoms with Crippen molar-refractivity contribution < 1.29 is 19.7 Å². The topological polar surface area (TPSA) is 114 Å². The number of rotatable bonds is 3. The van der Waals surface area contributed by atoms with Crippen LogP contribution in [0.5, 0.6) is 0 Å². The summed E-state index contributed by atoms with van der Waals surface area (Å²) in [5, 5.41) is 19.7. The van der Waals surface area contributed by atoms with E-state index < -0.39 is 35.8 Å². The Morgan fingerprint density at radius 1 is 1.42 bits per heavy atom. The molecule has 1 saturated heterocycles. The van der Waals surface area contributed by atoms with Gasteiger partial charge < -0.3 is 19.7 Å². The maximum atomic E-state index is 11.7. The van der Waals surface area contributed by atoms with E-state index in [1.54, 1.807) is 0 Å². The fraction of sp³-hybridized carbons (Fsp3) is 0.636. The summed E-state index contributed by atoms with van der Waals surface area (Å²) < 4.78 is 11.3. The Balaban J connectivity index is 2.35. The highest BCUT2D eigenvalue weighted by molar-refractivity contribution is 5.03. The summed E-state index contributed by atoms with van der Waals surface area (Å²) in [5.41, 5.74) is -0.896. The van der Waals surface area contributed by atoms with Crippen molar-refractivity contribution in [2.45, 2.75) is 31.5 Å². The molecule has 1 unspecified atom stereocenters. The zero-order valence-electron chi connectivity index (χ0n) is 10.6. The van der Waals surface area contributed by atoms with Gasteiger partial charge in [0.2, 0.25) is 0 Å².